The van der Waals surface area contributed by atoms with Crippen molar-refractivity contribution in [2.24, 2.45) is 0 Å². The molecule has 0 aliphatic carbocycles. The van der Waals surface area contributed by atoms with Crippen molar-refractivity contribution in [2.75, 3.05) is 43.7 Å². The minimum absolute atomic E-state index is 0.267. The average Bonchev–Trinajstić information content (AvgIpc) is 3.62. The molecule has 2 aromatic carbocycles. The van der Waals surface area contributed by atoms with E-state index < -0.39 is 0 Å². The van der Waals surface area contributed by atoms with Gasteiger partial charge in [0, 0.05) is 48.4 Å². The molecule has 1 fully saturated rings. The third-order valence-electron chi connectivity index (χ3n) is 8.95. The predicted octanol–water partition coefficient (Wildman–Crippen LogP) is 4.93. The molecular formula is C31H36ClN7O2. The van der Waals surface area contributed by atoms with Crippen LogP contribution >= 0.6 is 11.6 Å². The number of methoxy groups -OCH3 is 1. The Morgan fingerprint density at radius 2 is 2.02 bits per heavy atom. The van der Waals surface area contributed by atoms with Crippen molar-refractivity contribution in [2.45, 2.75) is 57.9 Å². The lowest BCUT2D eigenvalue weighted by Gasteiger charge is -2.38. The standard InChI is InChI=1S/C31H36ClN7O2/c1-20-15-38-19-33-14-23(38)16-39(20)30-25-9-11-37(28-13-24(40-3)12-21-6-4-8-26(32)29(21)28)17-27(25)34-31(35-30)41-18-22-7-5-10-36(22)2/h4,6,8,12-14,19-20,22H,5,7,9-11,15-18H2,1-3H3/t20-,22+/m1/s1. The summed E-state index contributed by atoms with van der Waals surface area (Å²) in [4.78, 5) is 21.6. The molecule has 0 radical (unpaired) electrons. The lowest BCUT2D eigenvalue weighted by molar-refractivity contribution is 0.187. The number of aromatic nitrogens is 4. The molecular weight excluding hydrogens is 538 g/mol. The van der Waals surface area contributed by atoms with Crippen LogP contribution < -0.4 is 19.3 Å². The zero-order chi connectivity index (χ0) is 28.1. The molecule has 3 aliphatic rings. The quantitative estimate of drug-likeness (QED) is 0.321. The van der Waals surface area contributed by atoms with Gasteiger partial charge in [0.1, 0.15) is 18.2 Å². The fourth-order valence-corrected chi connectivity index (χ4v) is 6.88. The number of likely N-dealkylation sites (tertiary alicyclic amines) is 1. The Hall–Kier alpha value is -3.56. The normalized spacial score (nSPS) is 20.8. The fraction of sp³-hybridized carbons (Fsp3) is 0.452. The number of halogens is 1. The molecule has 0 spiro atoms. The lowest BCUT2D eigenvalue weighted by Crippen LogP contribution is -2.43. The zero-order valence-corrected chi connectivity index (χ0v) is 24.6. The van der Waals surface area contributed by atoms with Crippen molar-refractivity contribution < 1.29 is 9.47 Å². The molecule has 3 aliphatic heterocycles. The van der Waals surface area contributed by atoms with Crippen molar-refractivity contribution in [1.29, 1.82) is 0 Å². The molecule has 2 atom stereocenters. The van der Waals surface area contributed by atoms with Crippen LogP contribution in [0.3, 0.4) is 0 Å². The van der Waals surface area contributed by atoms with Crippen molar-refractivity contribution in [3.8, 4) is 11.8 Å². The number of fused-ring (bicyclic) bond motifs is 3. The number of anilines is 2. The summed E-state index contributed by atoms with van der Waals surface area (Å²) in [6.45, 7) is 7.05. The molecule has 1 saturated heterocycles. The third-order valence-corrected chi connectivity index (χ3v) is 9.27. The first-order chi connectivity index (χ1) is 20.0. The molecule has 10 heteroatoms. The summed E-state index contributed by atoms with van der Waals surface area (Å²) in [7, 11) is 3.87. The summed E-state index contributed by atoms with van der Waals surface area (Å²) in [6, 6.07) is 11.3. The molecule has 0 amide bonds. The maximum absolute atomic E-state index is 6.76. The van der Waals surface area contributed by atoms with E-state index in [-0.39, 0.29) is 6.04 Å². The van der Waals surface area contributed by atoms with Gasteiger partial charge in [-0.2, -0.15) is 9.97 Å². The smallest absolute Gasteiger partial charge is 0.318 e. The van der Waals surface area contributed by atoms with Crippen LogP contribution in [0.2, 0.25) is 5.02 Å². The van der Waals surface area contributed by atoms with Gasteiger partial charge in [-0.1, -0.05) is 23.7 Å². The largest absolute Gasteiger partial charge is 0.497 e. The topological polar surface area (TPSA) is 71.8 Å². The van der Waals surface area contributed by atoms with E-state index in [4.69, 9.17) is 31.0 Å². The average molecular weight is 574 g/mol. The highest BCUT2D eigenvalue weighted by molar-refractivity contribution is 6.36. The number of nitrogens with zero attached hydrogens (tertiary/aromatic N) is 7. The second-order valence-electron chi connectivity index (χ2n) is 11.5. The fourth-order valence-electron chi connectivity index (χ4n) is 6.60. The molecule has 0 N–H and O–H groups in total. The summed E-state index contributed by atoms with van der Waals surface area (Å²) in [5.41, 5.74) is 4.46. The van der Waals surface area contributed by atoms with E-state index >= 15 is 0 Å². The molecule has 4 aromatic rings. The molecule has 0 unspecified atom stereocenters. The van der Waals surface area contributed by atoms with E-state index in [1.165, 1.54) is 17.7 Å². The second-order valence-corrected chi connectivity index (χ2v) is 11.9. The summed E-state index contributed by atoms with van der Waals surface area (Å²) >= 11 is 6.76. The number of imidazole rings is 1. The third kappa shape index (κ3) is 4.85. The van der Waals surface area contributed by atoms with Gasteiger partial charge in [-0.25, -0.2) is 4.98 Å². The van der Waals surface area contributed by atoms with Gasteiger partial charge in [0.2, 0.25) is 0 Å². The van der Waals surface area contributed by atoms with Crippen LogP contribution in [0.15, 0.2) is 42.9 Å². The van der Waals surface area contributed by atoms with Gasteiger partial charge in [0.15, 0.2) is 0 Å². The van der Waals surface area contributed by atoms with E-state index in [1.54, 1.807) is 7.11 Å². The van der Waals surface area contributed by atoms with Gasteiger partial charge >= 0.3 is 6.01 Å². The highest BCUT2D eigenvalue weighted by atomic mass is 35.5. The van der Waals surface area contributed by atoms with Crippen LogP contribution in [0.5, 0.6) is 11.8 Å². The molecule has 7 rings (SSSR count). The van der Waals surface area contributed by atoms with Gasteiger partial charge in [-0.15, -0.1) is 0 Å². The molecule has 5 heterocycles. The highest BCUT2D eigenvalue weighted by Crippen LogP contribution is 2.40. The second kappa shape index (κ2) is 10.7. The predicted molar refractivity (Wildman–Crippen MR) is 161 cm³/mol. The molecule has 214 valence electrons. The summed E-state index contributed by atoms with van der Waals surface area (Å²) in [5, 5.41) is 2.83. The summed E-state index contributed by atoms with van der Waals surface area (Å²) in [6.07, 6.45) is 7.04. The first-order valence-corrected chi connectivity index (χ1v) is 14.9. The van der Waals surface area contributed by atoms with E-state index in [2.05, 4.69) is 50.4 Å². The minimum atomic E-state index is 0.267. The number of hydrogen-bond donors (Lipinski definition) is 0. The van der Waals surface area contributed by atoms with Crippen LogP contribution in [0.25, 0.3) is 10.8 Å². The monoisotopic (exact) mass is 573 g/mol. The Bertz CT molecular complexity index is 1590. The van der Waals surface area contributed by atoms with E-state index in [0.717, 1.165) is 77.8 Å². The molecule has 9 nitrogen and oxygen atoms in total. The van der Waals surface area contributed by atoms with Gasteiger partial charge in [0.05, 0.1) is 48.6 Å². The van der Waals surface area contributed by atoms with Crippen LogP contribution in [-0.4, -0.2) is 70.4 Å². The van der Waals surface area contributed by atoms with Crippen LogP contribution in [-0.2, 0) is 26.1 Å². The van der Waals surface area contributed by atoms with Crippen molar-refractivity contribution in [3.63, 3.8) is 0 Å². The number of ether oxygens (including phenoxy) is 2. The van der Waals surface area contributed by atoms with Gasteiger partial charge in [-0.05, 0) is 57.3 Å². The Balaban J connectivity index is 1.27. The summed E-state index contributed by atoms with van der Waals surface area (Å²) < 4.78 is 14.3. The van der Waals surface area contributed by atoms with Gasteiger partial charge in [-0.3, -0.25) is 0 Å². The van der Waals surface area contributed by atoms with Gasteiger partial charge in [0.25, 0.3) is 0 Å². The highest BCUT2D eigenvalue weighted by Gasteiger charge is 2.32. The van der Waals surface area contributed by atoms with Crippen LogP contribution in [0.1, 0.15) is 36.7 Å². The Kier molecular flexibility index (Phi) is 6.87. The Labute approximate surface area is 245 Å². The molecule has 2 aromatic heterocycles. The summed E-state index contributed by atoms with van der Waals surface area (Å²) in [5.74, 6) is 1.80. The molecule has 0 bridgehead atoms. The van der Waals surface area contributed by atoms with Crippen molar-refractivity contribution >= 4 is 33.9 Å². The number of likely N-dealkylation sites (N-methyl/N-ethyl adjacent to an activating group) is 1. The maximum atomic E-state index is 6.76. The van der Waals surface area contributed by atoms with Crippen molar-refractivity contribution in [1.82, 2.24) is 24.4 Å². The van der Waals surface area contributed by atoms with Gasteiger partial charge < -0.3 is 28.7 Å². The SMILES string of the molecule is COc1cc(N2CCc3c(nc(OC[C@@H]4CCCN4C)nc3N3Cc4cncn4C[C@H]3C)C2)c2c(Cl)cccc2c1. The zero-order valence-electron chi connectivity index (χ0n) is 23.9. The minimum Gasteiger partial charge on any atom is -0.497 e. The number of benzene rings is 2. The Morgan fingerprint density at radius 1 is 1.12 bits per heavy atom. The van der Waals surface area contributed by atoms with Crippen molar-refractivity contribution in [3.05, 3.63) is 64.8 Å². The maximum Gasteiger partial charge on any atom is 0.318 e. The van der Waals surface area contributed by atoms with Crippen LogP contribution in [0, 0.1) is 0 Å². The lowest BCUT2D eigenvalue weighted by atomic mass is 10.0. The molecule has 41 heavy (non-hydrogen) atoms. The van der Waals surface area contributed by atoms with E-state index in [9.17, 15) is 0 Å². The van der Waals surface area contributed by atoms with E-state index in [0.29, 0.717) is 25.2 Å². The Morgan fingerprint density at radius 3 is 2.85 bits per heavy atom. The number of rotatable bonds is 6. The molecule has 0 saturated carbocycles. The van der Waals surface area contributed by atoms with Crippen LogP contribution in [0.4, 0.5) is 11.5 Å². The van der Waals surface area contributed by atoms with E-state index in [1.807, 2.05) is 30.7 Å². The first-order valence-electron chi connectivity index (χ1n) is 14.5. The number of hydrogen-bond acceptors (Lipinski definition) is 8. The first kappa shape index (κ1) is 26.3.